The number of fused-ring (bicyclic) bond motifs is 1. The molecule has 0 radical (unpaired) electrons. The number of nitrogens with one attached hydrogen (secondary N) is 3. The molecule has 0 aliphatic heterocycles. The van der Waals surface area contributed by atoms with Crippen molar-refractivity contribution in [3.63, 3.8) is 0 Å². The molecular weight excluding hydrogens is 404 g/mol. The minimum Gasteiger partial charge on any atom is -0.490 e. The molecular formula is C25H26N4O3. The average Bonchev–Trinajstić information content (AvgIpc) is 3.37. The Morgan fingerprint density at radius 2 is 1.84 bits per heavy atom. The fraction of sp³-hybridized carbons (Fsp3) is 0.200. The first-order valence-electron chi connectivity index (χ1n) is 10.6. The number of aromatic amines is 1. The second kappa shape index (κ2) is 10.6. The predicted molar refractivity (Wildman–Crippen MR) is 125 cm³/mol. The van der Waals surface area contributed by atoms with Gasteiger partial charge < -0.3 is 25.5 Å². The zero-order valence-electron chi connectivity index (χ0n) is 17.6. The van der Waals surface area contributed by atoms with Crippen LogP contribution in [-0.2, 0) is 0 Å². The van der Waals surface area contributed by atoms with Crippen LogP contribution in [0.1, 0.15) is 10.4 Å². The van der Waals surface area contributed by atoms with Gasteiger partial charge in [0.25, 0.3) is 5.91 Å². The van der Waals surface area contributed by atoms with Gasteiger partial charge in [0, 0.05) is 48.5 Å². The van der Waals surface area contributed by atoms with E-state index >= 15 is 0 Å². The van der Waals surface area contributed by atoms with Crippen molar-refractivity contribution in [2.75, 3.05) is 26.2 Å². The first kappa shape index (κ1) is 21.5. The summed E-state index contributed by atoms with van der Waals surface area (Å²) in [4.78, 5) is 19.5. The third-order valence-electron chi connectivity index (χ3n) is 5.07. The number of nitrogens with zero attached hydrogens (tertiary/aromatic N) is 1. The molecule has 0 saturated carbocycles. The Balaban J connectivity index is 1.15. The lowest BCUT2D eigenvalue weighted by Gasteiger charge is -2.15. The standard InChI is InChI=1S/C25H26N4O3/c30-21(17-32-23-7-3-5-18-4-1-2-6-22(18)23)16-26-12-13-29-25(31)20-10-8-19(9-11-20)24-27-14-15-28-24/h1-11,14-15,21,26,30H,12-13,16-17H2,(H,27,28)(H,29,31). The Kier molecular flexibility index (Phi) is 7.12. The molecule has 1 heterocycles. The van der Waals surface area contributed by atoms with E-state index in [2.05, 4.69) is 20.6 Å². The molecule has 1 atom stereocenters. The highest BCUT2D eigenvalue weighted by atomic mass is 16.5. The summed E-state index contributed by atoms with van der Waals surface area (Å²) in [6.45, 7) is 1.56. The Hall–Kier alpha value is -3.68. The van der Waals surface area contributed by atoms with E-state index in [0.29, 0.717) is 25.2 Å². The first-order chi connectivity index (χ1) is 15.7. The second-order valence-electron chi connectivity index (χ2n) is 7.42. The van der Waals surface area contributed by atoms with E-state index < -0.39 is 6.10 Å². The smallest absolute Gasteiger partial charge is 0.251 e. The summed E-state index contributed by atoms with van der Waals surface area (Å²) in [6, 6.07) is 21.1. The number of carbonyl (C=O) groups excluding carboxylic acids is 1. The van der Waals surface area contributed by atoms with Gasteiger partial charge in [0.15, 0.2) is 0 Å². The van der Waals surface area contributed by atoms with Crippen LogP contribution < -0.4 is 15.4 Å². The molecule has 164 valence electrons. The zero-order chi connectivity index (χ0) is 22.2. The van der Waals surface area contributed by atoms with E-state index in [0.717, 1.165) is 27.9 Å². The number of rotatable bonds is 10. The summed E-state index contributed by atoms with van der Waals surface area (Å²) in [5.74, 6) is 1.38. The lowest BCUT2D eigenvalue weighted by Crippen LogP contribution is -2.37. The van der Waals surface area contributed by atoms with Crippen LogP contribution in [0.5, 0.6) is 5.75 Å². The van der Waals surface area contributed by atoms with Crippen LogP contribution in [0.4, 0.5) is 0 Å². The topological polar surface area (TPSA) is 99.3 Å². The molecule has 4 aromatic rings. The summed E-state index contributed by atoms with van der Waals surface area (Å²) >= 11 is 0. The monoisotopic (exact) mass is 430 g/mol. The fourth-order valence-electron chi connectivity index (χ4n) is 3.40. The maximum atomic E-state index is 12.3. The molecule has 0 aliphatic carbocycles. The molecule has 32 heavy (non-hydrogen) atoms. The molecule has 1 unspecified atom stereocenters. The molecule has 0 spiro atoms. The molecule has 4 rings (SSSR count). The van der Waals surface area contributed by atoms with Gasteiger partial charge in [-0.05, 0) is 23.6 Å². The lowest BCUT2D eigenvalue weighted by molar-refractivity contribution is 0.0950. The van der Waals surface area contributed by atoms with Gasteiger partial charge in [-0.25, -0.2) is 4.98 Å². The number of imidazole rings is 1. The molecule has 1 aromatic heterocycles. The third kappa shape index (κ3) is 5.51. The number of carbonyl (C=O) groups is 1. The number of aromatic nitrogens is 2. The van der Waals surface area contributed by atoms with Crippen LogP contribution in [0.25, 0.3) is 22.2 Å². The molecule has 1 amide bonds. The summed E-state index contributed by atoms with van der Waals surface area (Å²) in [6.07, 6.45) is 2.80. The van der Waals surface area contributed by atoms with E-state index in [1.165, 1.54) is 0 Å². The molecule has 0 aliphatic rings. The van der Waals surface area contributed by atoms with Crippen molar-refractivity contribution in [1.29, 1.82) is 0 Å². The Morgan fingerprint density at radius 3 is 2.66 bits per heavy atom. The predicted octanol–water partition coefficient (Wildman–Crippen LogP) is 2.99. The van der Waals surface area contributed by atoms with Gasteiger partial charge in [0.1, 0.15) is 24.3 Å². The van der Waals surface area contributed by atoms with Crippen LogP contribution in [0.15, 0.2) is 79.1 Å². The van der Waals surface area contributed by atoms with E-state index in [1.807, 2.05) is 54.6 Å². The number of amides is 1. The van der Waals surface area contributed by atoms with Crippen molar-refractivity contribution >= 4 is 16.7 Å². The van der Waals surface area contributed by atoms with Crippen molar-refractivity contribution < 1.29 is 14.6 Å². The van der Waals surface area contributed by atoms with E-state index in [4.69, 9.17) is 4.74 Å². The number of ether oxygens (including phenoxy) is 1. The van der Waals surface area contributed by atoms with Crippen molar-refractivity contribution in [1.82, 2.24) is 20.6 Å². The number of hydrogen-bond donors (Lipinski definition) is 4. The molecule has 7 nitrogen and oxygen atoms in total. The van der Waals surface area contributed by atoms with Crippen LogP contribution >= 0.6 is 0 Å². The molecule has 3 aromatic carbocycles. The summed E-state index contributed by atoms with van der Waals surface area (Å²) < 4.78 is 5.80. The minimum absolute atomic E-state index is 0.141. The molecule has 0 saturated heterocycles. The second-order valence-corrected chi connectivity index (χ2v) is 7.42. The van der Waals surface area contributed by atoms with Gasteiger partial charge in [-0.2, -0.15) is 0 Å². The number of aliphatic hydroxyl groups is 1. The normalized spacial score (nSPS) is 11.9. The minimum atomic E-state index is -0.654. The third-order valence-corrected chi connectivity index (χ3v) is 5.07. The van der Waals surface area contributed by atoms with Crippen LogP contribution in [0, 0.1) is 0 Å². The van der Waals surface area contributed by atoms with Gasteiger partial charge >= 0.3 is 0 Å². The number of aliphatic hydroxyl groups excluding tert-OH is 1. The van der Waals surface area contributed by atoms with Crippen molar-refractivity contribution in [3.05, 3.63) is 84.7 Å². The SMILES string of the molecule is O=C(NCCNCC(O)COc1cccc2ccccc12)c1ccc(-c2ncc[nH]2)cc1. The highest BCUT2D eigenvalue weighted by Crippen LogP contribution is 2.25. The molecule has 7 heteroatoms. The first-order valence-corrected chi connectivity index (χ1v) is 10.6. The summed E-state index contributed by atoms with van der Waals surface area (Å²) in [5, 5.41) is 18.3. The van der Waals surface area contributed by atoms with E-state index in [-0.39, 0.29) is 12.5 Å². The van der Waals surface area contributed by atoms with Gasteiger partial charge in [0.2, 0.25) is 0 Å². The van der Waals surface area contributed by atoms with Crippen LogP contribution in [-0.4, -0.2) is 53.3 Å². The number of hydrogen-bond acceptors (Lipinski definition) is 5. The Morgan fingerprint density at radius 1 is 1.03 bits per heavy atom. The zero-order valence-corrected chi connectivity index (χ0v) is 17.6. The molecule has 4 N–H and O–H groups in total. The van der Waals surface area contributed by atoms with E-state index in [1.54, 1.807) is 24.5 Å². The van der Waals surface area contributed by atoms with Crippen molar-refractivity contribution in [2.24, 2.45) is 0 Å². The highest BCUT2D eigenvalue weighted by Gasteiger charge is 2.09. The quantitative estimate of drug-likeness (QED) is 0.290. The largest absolute Gasteiger partial charge is 0.490 e. The van der Waals surface area contributed by atoms with Crippen molar-refractivity contribution in [2.45, 2.75) is 6.10 Å². The van der Waals surface area contributed by atoms with Gasteiger partial charge in [0.05, 0.1) is 0 Å². The summed E-state index contributed by atoms with van der Waals surface area (Å²) in [5.41, 5.74) is 1.51. The van der Waals surface area contributed by atoms with Crippen LogP contribution in [0.3, 0.4) is 0 Å². The number of benzene rings is 3. The fourth-order valence-corrected chi connectivity index (χ4v) is 3.40. The Bertz CT molecular complexity index is 1140. The van der Waals surface area contributed by atoms with Crippen molar-refractivity contribution in [3.8, 4) is 17.1 Å². The maximum Gasteiger partial charge on any atom is 0.251 e. The van der Waals surface area contributed by atoms with Gasteiger partial charge in [-0.15, -0.1) is 0 Å². The van der Waals surface area contributed by atoms with Crippen LogP contribution in [0.2, 0.25) is 0 Å². The molecule has 0 bridgehead atoms. The lowest BCUT2D eigenvalue weighted by atomic mass is 10.1. The highest BCUT2D eigenvalue weighted by molar-refractivity contribution is 5.94. The van der Waals surface area contributed by atoms with Gasteiger partial charge in [-0.1, -0.05) is 48.5 Å². The average molecular weight is 431 g/mol. The number of H-pyrrole nitrogens is 1. The maximum absolute atomic E-state index is 12.3. The molecule has 0 fully saturated rings. The van der Waals surface area contributed by atoms with E-state index in [9.17, 15) is 9.90 Å². The Labute approximate surface area is 186 Å². The summed E-state index contributed by atoms with van der Waals surface area (Å²) in [7, 11) is 0. The van der Waals surface area contributed by atoms with Gasteiger partial charge in [-0.3, -0.25) is 4.79 Å².